The fourth-order valence-corrected chi connectivity index (χ4v) is 4.98. The van der Waals surface area contributed by atoms with Crippen molar-refractivity contribution < 1.29 is 9.59 Å². The first-order chi connectivity index (χ1) is 13.2. The van der Waals surface area contributed by atoms with Crippen molar-refractivity contribution in [3.63, 3.8) is 0 Å². The highest BCUT2D eigenvalue weighted by molar-refractivity contribution is 7.14. The first-order valence-corrected chi connectivity index (χ1v) is 10.5. The first-order valence-electron chi connectivity index (χ1n) is 9.68. The number of nitrogens with one attached hydrogen (secondary N) is 1. The van der Waals surface area contributed by atoms with E-state index >= 15 is 0 Å². The van der Waals surface area contributed by atoms with Gasteiger partial charge in [0.15, 0.2) is 0 Å². The predicted molar refractivity (Wildman–Crippen MR) is 109 cm³/mol. The van der Waals surface area contributed by atoms with E-state index in [4.69, 9.17) is 0 Å². The summed E-state index contributed by atoms with van der Waals surface area (Å²) in [6, 6.07) is 12.3. The van der Waals surface area contributed by atoms with Crippen LogP contribution in [0.1, 0.15) is 33.0 Å². The number of fused-ring (bicyclic) bond motifs is 1. The van der Waals surface area contributed by atoms with Crippen molar-refractivity contribution in [1.29, 1.82) is 0 Å². The molecule has 1 aliphatic heterocycles. The molecule has 4 rings (SSSR count). The van der Waals surface area contributed by atoms with Crippen LogP contribution in [0.2, 0.25) is 0 Å². The minimum Gasteiger partial charge on any atom is -0.368 e. The zero-order chi connectivity index (χ0) is 18.6. The molecular weight excluding hydrogens is 358 g/mol. The van der Waals surface area contributed by atoms with E-state index < -0.39 is 0 Å². The quantitative estimate of drug-likeness (QED) is 0.883. The maximum Gasteiger partial charge on any atom is 0.261 e. The zero-order valence-electron chi connectivity index (χ0n) is 15.4. The van der Waals surface area contributed by atoms with E-state index in [2.05, 4.69) is 22.3 Å². The molecule has 1 aliphatic carbocycles. The summed E-state index contributed by atoms with van der Waals surface area (Å²) in [7, 11) is 0. The molecule has 0 atom stereocenters. The summed E-state index contributed by atoms with van der Waals surface area (Å²) >= 11 is 1.58. The van der Waals surface area contributed by atoms with Gasteiger partial charge in [0.2, 0.25) is 5.91 Å². The van der Waals surface area contributed by atoms with Crippen molar-refractivity contribution in [2.24, 2.45) is 0 Å². The van der Waals surface area contributed by atoms with Crippen molar-refractivity contribution in [1.82, 2.24) is 10.2 Å². The Hall–Kier alpha value is -2.34. The van der Waals surface area contributed by atoms with Crippen molar-refractivity contribution in [2.75, 3.05) is 37.6 Å². The molecule has 6 heteroatoms. The van der Waals surface area contributed by atoms with Gasteiger partial charge >= 0.3 is 0 Å². The van der Waals surface area contributed by atoms with E-state index in [1.165, 1.54) is 29.0 Å². The molecule has 2 heterocycles. The number of thiophene rings is 1. The fraction of sp³-hybridized carbons (Fsp3) is 0.429. The van der Waals surface area contributed by atoms with Crippen LogP contribution in [0, 0.1) is 0 Å². The van der Waals surface area contributed by atoms with E-state index in [0.29, 0.717) is 13.1 Å². The molecule has 2 aromatic rings. The number of rotatable bonds is 4. The molecule has 142 valence electrons. The summed E-state index contributed by atoms with van der Waals surface area (Å²) in [5.74, 6) is -0.122. The lowest BCUT2D eigenvalue weighted by Crippen LogP contribution is -2.51. The smallest absolute Gasteiger partial charge is 0.261 e. The molecule has 1 saturated heterocycles. The van der Waals surface area contributed by atoms with Crippen LogP contribution >= 0.6 is 11.3 Å². The van der Waals surface area contributed by atoms with Gasteiger partial charge in [-0.05, 0) is 49.4 Å². The van der Waals surface area contributed by atoms with Gasteiger partial charge in [0.1, 0.15) is 0 Å². The van der Waals surface area contributed by atoms with Gasteiger partial charge in [-0.2, -0.15) is 0 Å². The van der Waals surface area contributed by atoms with Crippen LogP contribution in [-0.4, -0.2) is 49.4 Å². The molecule has 0 saturated carbocycles. The predicted octanol–water partition coefficient (Wildman–Crippen LogP) is 2.71. The molecule has 0 bridgehead atoms. The molecule has 2 amide bonds. The van der Waals surface area contributed by atoms with Gasteiger partial charge in [0.25, 0.3) is 5.91 Å². The van der Waals surface area contributed by atoms with Crippen LogP contribution in [0.3, 0.4) is 0 Å². The number of benzene rings is 1. The number of anilines is 1. The SMILES string of the molecule is O=C(NCC(=O)N1CCN(c2ccccc2)CC1)c1cc2c(s1)CCCC2. The van der Waals surface area contributed by atoms with Gasteiger partial charge in [0.05, 0.1) is 11.4 Å². The van der Waals surface area contributed by atoms with E-state index in [9.17, 15) is 9.59 Å². The largest absolute Gasteiger partial charge is 0.368 e. The lowest BCUT2D eigenvalue weighted by atomic mass is 9.99. The normalized spacial score (nSPS) is 16.7. The van der Waals surface area contributed by atoms with Crippen LogP contribution in [0.5, 0.6) is 0 Å². The standard InChI is InChI=1S/C21H25N3O2S/c25-20(24-12-10-23(11-13-24)17-7-2-1-3-8-17)15-22-21(26)19-14-16-6-4-5-9-18(16)27-19/h1-3,7-8,14H,4-6,9-13,15H2,(H,22,26). The van der Waals surface area contributed by atoms with Gasteiger partial charge in [-0.3, -0.25) is 9.59 Å². The average Bonchev–Trinajstić information content (AvgIpc) is 3.17. The number of piperazine rings is 1. The number of amides is 2. The van der Waals surface area contributed by atoms with Crippen molar-refractivity contribution in [3.8, 4) is 0 Å². The Morgan fingerprint density at radius 3 is 2.48 bits per heavy atom. The molecule has 2 aliphatic rings. The number of aryl methyl sites for hydroxylation is 2. The maximum atomic E-state index is 12.5. The number of carbonyl (C=O) groups is 2. The summed E-state index contributed by atoms with van der Waals surface area (Å²) < 4.78 is 0. The Kier molecular flexibility index (Phi) is 5.43. The Morgan fingerprint density at radius 2 is 1.74 bits per heavy atom. The molecule has 1 aromatic carbocycles. The Bertz CT molecular complexity index is 787. The molecule has 0 unspecified atom stereocenters. The Balaban J connectivity index is 1.26. The topological polar surface area (TPSA) is 52.7 Å². The number of para-hydroxylation sites is 1. The number of hydrogen-bond donors (Lipinski definition) is 1. The van der Waals surface area contributed by atoms with Crippen molar-refractivity contribution in [2.45, 2.75) is 25.7 Å². The second kappa shape index (κ2) is 8.13. The molecule has 1 aromatic heterocycles. The first kappa shape index (κ1) is 18.0. The zero-order valence-corrected chi connectivity index (χ0v) is 16.3. The minimum absolute atomic E-state index is 0.00242. The van der Waals surface area contributed by atoms with Crippen LogP contribution in [0.4, 0.5) is 5.69 Å². The summed E-state index contributed by atoms with van der Waals surface area (Å²) in [4.78, 5) is 31.1. The number of hydrogen-bond acceptors (Lipinski definition) is 4. The van der Waals surface area contributed by atoms with Crippen LogP contribution in [0.15, 0.2) is 36.4 Å². The number of nitrogens with zero attached hydrogens (tertiary/aromatic N) is 2. The molecular formula is C21H25N3O2S. The summed E-state index contributed by atoms with van der Waals surface area (Å²) in [5, 5.41) is 2.81. The van der Waals surface area contributed by atoms with Gasteiger partial charge in [-0.15, -0.1) is 11.3 Å². The molecule has 1 N–H and O–H groups in total. The van der Waals surface area contributed by atoms with E-state index in [0.717, 1.165) is 30.8 Å². The van der Waals surface area contributed by atoms with E-state index in [1.54, 1.807) is 11.3 Å². The van der Waals surface area contributed by atoms with Crippen LogP contribution < -0.4 is 10.2 Å². The average molecular weight is 384 g/mol. The minimum atomic E-state index is -0.120. The Labute approximate surface area is 164 Å². The molecule has 0 radical (unpaired) electrons. The highest BCUT2D eigenvalue weighted by Gasteiger charge is 2.22. The molecule has 1 fully saturated rings. The summed E-state index contributed by atoms with van der Waals surface area (Å²) in [6.07, 6.45) is 4.57. The van der Waals surface area contributed by atoms with Crippen molar-refractivity contribution >= 4 is 28.8 Å². The fourth-order valence-electron chi connectivity index (χ4n) is 3.81. The summed E-state index contributed by atoms with van der Waals surface area (Å²) in [5.41, 5.74) is 2.51. The van der Waals surface area contributed by atoms with Gasteiger partial charge < -0.3 is 15.1 Å². The Morgan fingerprint density at radius 1 is 1.00 bits per heavy atom. The van der Waals surface area contributed by atoms with Gasteiger partial charge in [0, 0.05) is 36.7 Å². The lowest BCUT2D eigenvalue weighted by molar-refractivity contribution is -0.130. The van der Waals surface area contributed by atoms with E-state index in [-0.39, 0.29) is 18.4 Å². The summed E-state index contributed by atoms with van der Waals surface area (Å²) in [6.45, 7) is 3.10. The second-order valence-electron chi connectivity index (χ2n) is 7.15. The number of carbonyl (C=O) groups excluding carboxylic acids is 2. The van der Waals surface area contributed by atoms with Crippen LogP contribution in [-0.2, 0) is 17.6 Å². The molecule has 0 spiro atoms. The third-order valence-corrected chi connectivity index (χ3v) is 6.61. The monoisotopic (exact) mass is 383 g/mol. The third kappa shape index (κ3) is 4.16. The van der Waals surface area contributed by atoms with Gasteiger partial charge in [-0.25, -0.2) is 0 Å². The van der Waals surface area contributed by atoms with Crippen molar-refractivity contribution in [3.05, 3.63) is 51.7 Å². The third-order valence-electron chi connectivity index (χ3n) is 5.37. The van der Waals surface area contributed by atoms with E-state index in [1.807, 2.05) is 29.2 Å². The molecule has 27 heavy (non-hydrogen) atoms. The second-order valence-corrected chi connectivity index (χ2v) is 8.29. The van der Waals surface area contributed by atoms with Gasteiger partial charge in [-0.1, -0.05) is 18.2 Å². The lowest BCUT2D eigenvalue weighted by Gasteiger charge is -2.36. The molecule has 5 nitrogen and oxygen atoms in total. The van der Waals surface area contributed by atoms with Crippen LogP contribution in [0.25, 0.3) is 0 Å². The maximum absolute atomic E-state index is 12.5. The highest BCUT2D eigenvalue weighted by atomic mass is 32.1. The highest BCUT2D eigenvalue weighted by Crippen LogP contribution is 2.29.